The van der Waals surface area contributed by atoms with Crippen molar-refractivity contribution >= 4 is 0 Å². The van der Waals surface area contributed by atoms with Crippen LogP contribution in [0.2, 0.25) is 0 Å². The summed E-state index contributed by atoms with van der Waals surface area (Å²) >= 11 is 0. The van der Waals surface area contributed by atoms with Crippen LogP contribution in [0.15, 0.2) is 6.07 Å². The molecule has 1 aromatic rings. The fourth-order valence-corrected chi connectivity index (χ4v) is 2.15. The second kappa shape index (κ2) is 6.20. The van der Waals surface area contributed by atoms with E-state index in [9.17, 15) is 0 Å². The maximum atomic E-state index is 4.57. The van der Waals surface area contributed by atoms with Gasteiger partial charge in [-0.2, -0.15) is 5.10 Å². The Morgan fingerprint density at radius 1 is 1.29 bits per heavy atom. The minimum Gasteiger partial charge on any atom is -0.306 e. The normalized spacial score (nSPS) is 12.1. The van der Waals surface area contributed by atoms with Crippen molar-refractivity contribution in [2.45, 2.75) is 72.5 Å². The largest absolute Gasteiger partial charge is 0.306 e. The number of aryl methyl sites for hydroxylation is 2. The van der Waals surface area contributed by atoms with Crippen LogP contribution in [0.5, 0.6) is 0 Å². The van der Waals surface area contributed by atoms with E-state index in [0.717, 1.165) is 19.5 Å². The molecule has 0 amide bonds. The summed E-state index contributed by atoms with van der Waals surface area (Å²) in [7, 11) is 0. The van der Waals surface area contributed by atoms with Gasteiger partial charge in [-0.05, 0) is 39.7 Å². The smallest absolute Gasteiger partial charge is 0.0625 e. The van der Waals surface area contributed by atoms with Crippen LogP contribution in [0.4, 0.5) is 0 Å². The van der Waals surface area contributed by atoms with Crippen molar-refractivity contribution in [3.63, 3.8) is 0 Å². The Balaban J connectivity index is 2.64. The van der Waals surface area contributed by atoms with Crippen LogP contribution in [0.1, 0.15) is 58.8 Å². The first kappa shape index (κ1) is 14.2. The Morgan fingerprint density at radius 3 is 2.53 bits per heavy atom. The molecular formula is C14H27N3. The topological polar surface area (TPSA) is 29.9 Å². The predicted octanol–water partition coefficient (Wildman–Crippen LogP) is 3.13. The number of nitrogens with zero attached hydrogens (tertiary/aromatic N) is 2. The van der Waals surface area contributed by atoms with Crippen molar-refractivity contribution in [2.24, 2.45) is 0 Å². The van der Waals surface area contributed by atoms with Gasteiger partial charge in [-0.3, -0.25) is 4.68 Å². The van der Waals surface area contributed by atoms with E-state index in [2.05, 4.69) is 55.8 Å². The van der Waals surface area contributed by atoms with Crippen LogP contribution < -0.4 is 5.32 Å². The quantitative estimate of drug-likeness (QED) is 0.789. The molecule has 0 saturated carbocycles. The van der Waals surface area contributed by atoms with Crippen molar-refractivity contribution in [1.29, 1.82) is 0 Å². The summed E-state index contributed by atoms with van der Waals surface area (Å²) in [5.41, 5.74) is 2.70. The molecule has 0 aliphatic carbocycles. The van der Waals surface area contributed by atoms with Crippen LogP contribution >= 0.6 is 0 Å². The first-order valence-corrected chi connectivity index (χ1v) is 6.83. The van der Waals surface area contributed by atoms with Crippen molar-refractivity contribution in [1.82, 2.24) is 15.1 Å². The number of aromatic nitrogens is 2. The maximum Gasteiger partial charge on any atom is 0.0625 e. The summed E-state index contributed by atoms with van der Waals surface area (Å²) in [6, 6.07) is 2.22. The molecule has 1 N–H and O–H groups in total. The highest BCUT2D eigenvalue weighted by Gasteiger charge is 2.16. The van der Waals surface area contributed by atoms with Crippen LogP contribution in [0.25, 0.3) is 0 Å². The van der Waals surface area contributed by atoms with Gasteiger partial charge in [0.2, 0.25) is 0 Å². The molecular weight excluding hydrogens is 210 g/mol. The van der Waals surface area contributed by atoms with E-state index < -0.39 is 0 Å². The Hall–Kier alpha value is -0.830. The lowest BCUT2D eigenvalue weighted by Crippen LogP contribution is -2.38. The molecule has 0 saturated heterocycles. The van der Waals surface area contributed by atoms with Crippen LogP contribution in [0, 0.1) is 0 Å². The van der Waals surface area contributed by atoms with E-state index in [4.69, 9.17) is 0 Å². The van der Waals surface area contributed by atoms with Crippen molar-refractivity contribution in [2.75, 3.05) is 0 Å². The summed E-state index contributed by atoms with van der Waals surface area (Å²) in [6.45, 7) is 12.9. The van der Waals surface area contributed by atoms with Gasteiger partial charge in [-0.25, -0.2) is 0 Å². The third kappa shape index (κ3) is 4.15. The van der Waals surface area contributed by atoms with Gasteiger partial charge >= 0.3 is 0 Å². The van der Waals surface area contributed by atoms with Crippen LogP contribution in [0.3, 0.4) is 0 Å². The highest BCUT2D eigenvalue weighted by atomic mass is 15.3. The van der Waals surface area contributed by atoms with Crippen LogP contribution in [-0.4, -0.2) is 15.3 Å². The van der Waals surface area contributed by atoms with E-state index >= 15 is 0 Å². The molecule has 0 radical (unpaired) electrons. The summed E-state index contributed by atoms with van der Waals surface area (Å²) < 4.78 is 2.11. The molecule has 0 atom stereocenters. The second-order valence-corrected chi connectivity index (χ2v) is 5.28. The Labute approximate surface area is 106 Å². The van der Waals surface area contributed by atoms with Gasteiger partial charge in [0.25, 0.3) is 0 Å². The van der Waals surface area contributed by atoms with Crippen molar-refractivity contribution < 1.29 is 0 Å². The molecule has 0 aliphatic heterocycles. The van der Waals surface area contributed by atoms with Gasteiger partial charge in [0.1, 0.15) is 0 Å². The SMILES string of the molecule is CCCC(C)(C)NCc1cc(CC)nn1CC. The van der Waals surface area contributed by atoms with Gasteiger partial charge in [0.15, 0.2) is 0 Å². The average molecular weight is 237 g/mol. The van der Waals surface area contributed by atoms with E-state index in [-0.39, 0.29) is 5.54 Å². The maximum absolute atomic E-state index is 4.57. The minimum absolute atomic E-state index is 0.212. The fourth-order valence-electron chi connectivity index (χ4n) is 2.15. The molecule has 1 rings (SSSR count). The second-order valence-electron chi connectivity index (χ2n) is 5.28. The average Bonchev–Trinajstić information content (AvgIpc) is 2.69. The van der Waals surface area contributed by atoms with Gasteiger partial charge in [0, 0.05) is 18.6 Å². The minimum atomic E-state index is 0.212. The molecule has 0 aromatic carbocycles. The summed E-state index contributed by atoms with van der Waals surface area (Å²) in [5.74, 6) is 0. The lowest BCUT2D eigenvalue weighted by molar-refractivity contribution is 0.350. The van der Waals surface area contributed by atoms with Gasteiger partial charge < -0.3 is 5.32 Å². The molecule has 1 aromatic heterocycles. The zero-order chi connectivity index (χ0) is 12.9. The van der Waals surface area contributed by atoms with Gasteiger partial charge in [-0.15, -0.1) is 0 Å². The third-order valence-electron chi connectivity index (χ3n) is 3.20. The zero-order valence-corrected chi connectivity index (χ0v) is 12.0. The van der Waals surface area contributed by atoms with Crippen LogP contribution in [-0.2, 0) is 19.5 Å². The summed E-state index contributed by atoms with van der Waals surface area (Å²) in [5, 5.41) is 8.20. The van der Waals surface area contributed by atoms with E-state index in [1.807, 2.05) is 0 Å². The molecule has 0 unspecified atom stereocenters. The molecule has 0 fully saturated rings. The molecule has 0 bridgehead atoms. The Bertz CT molecular complexity index is 339. The lowest BCUT2D eigenvalue weighted by Gasteiger charge is -2.26. The van der Waals surface area contributed by atoms with Crippen molar-refractivity contribution in [3.8, 4) is 0 Å². The standard InChI is InChI=1S/C14H27N3/c1-6-9-14(4,5)15-11-13-10-12(7-2)16-17(13)8-3/h10,15H,6-9,11H2,1-5H3. The molecule has 1 heterocycles. The predicted molar refractivity (Wildman–Crippen MR) is 73.1 cm³/mol. The van der Waals surface area contributed by atoms with Gasteiger partial charge in [-0.1, -0.05) is 20.3 Å². The Kier molecular flexibility index (Phi) is 5.19. The summed E-state index contributed by atoms with van der Waals surface area (Å²) in [4.78, 5) is 0. The monoisotopic (exact) mass is 237 g/mol. The number of hydrogen-bond donors (Lipinski definition) is 1. The third-order valence-corrected chi connectivity index (χ3v) is 3.20. The molecule has 3 nitrogen and oxygen atoms in total. The Morgan fingerprint density at radius 2 is 2.00 bits per heavy atom. The summed E-state index contributed by atoms with van der Waals surface area (Å²) in [6.07, 6.45) is 3.43. The molecule has 17 heavy (non-hydrogen) atoms. The first-order valence-electron chi connectivity index (χ1n) is 6.83. The van der Waals surface area contributed by atoms with Gasteiger partial charge in [0.05, 0.1) is 11.4 Å². The molecule has 0 spiro atoms. The zero-order valence-electron chi connectivity index (χ0n) is 12.0. The molecule has 98 valence electrons. The highest BCUT2D eigenvalue weighted by Crippen LogP contribution is 2.13. The van der Waals surface area contributed by atoms with E-state index in [1.165, 1.54) is 24.2 Å². The number of nitrogens with one attached hydrogen (secondary N) is 1. The highest BCUT2D eigenvalue weighted by molar-refractivity contribution is 5.10. The molecule has 0 aliphatic rings. The van der Waals surface area contributed by atoms with Crippen molar-refractivity contribution in [3.05, 3.63) is 17.5 Å². The van der Waals surface area contributed by atoms with E-state index in [1.54, 1.807) is 0 Å². The number of rotatable bonds is 7. The van der Waals surface area contributed by atoms with E-state index in [0.29, 0.717) is 0 Å². The first-order chi connectivity index (χ1) is 8.02. The fraction of sp³-hybridized carbons (Fsp3) is 0.786. The molecule has 3 heteroatoms. The number of hydrogen-bond acceptors (Lipinski definition) is 2. The lowest BCUT2D eigenvalue weighted by atomic mass is 9.99.